The number of nitrogens with one attached hydrogen (secondary N) is 1. The summed E-state index contributed by atoms with van der Waals surface area (Å²) in [5, 5.41) is 3.27. The fraction of sp³-hybridized carbons (Fsp3) is 0.769. The van der Waals surface area contributed by atoms with Crippen LogP contribution < -0.4 is 5.32 Å². The second kappa shape index (κ2) is 4.78. The molecule has 4 heteroatoms. The SMILES string of the molecule is Cc1oc(CC2CNC2)nc1C1CCCCO1. The van der Waals surface area contributed by atoms with Gasteiger partial charge in [0, 0.05) is 13.0 Å². The van der Waals surface area contributed by atoms with Gasteiger partial charge in [-0.25, -0.2) is 4.98 Å². The Morgan fingerprint density at radius 1 is 1.35 bits per heavy atom. The van der Waals surface area contributed by atoms with Gasteiger partial charge < -0.3 is 14.5 Å². The second-order valence-corrected chi connectivity index (χ2v) is 5.13. The van der Waals surface area contributed by atoms with Gasteiger partial charge in [-0.1, -0.05) is 0 Å². The Morgan fingerprint density at radius 3 is 2.88 bits per heavy atom. The first-order valence-corrected chi connectivity index (χ1v) is 6.61. The van der Waals surface area contributed by atoms with Crippen molar-refractivity contribution in [1.29, 1.82) is 0 Å². The molecule has 1 aromatic rings. The first kappa shape index (κ1) is 11.2. The van der Waals surface area contributed by atoms with E-state index in [1.165, 1.54) is 12.8 Å². The zero-order chi connectivity index (χ0) is 11.7. The highest BCUT2D eigenvalue weighted by Crippen LogP contribution is 2.30. The molecule has 0 spiro atoms. The van der Waals surface area contributed by atoms with E-state index in [0.29, 0.717) is 5.92 Å². The van der Waals surface area contributed by atoms with Crippen molar-refractivity contribution < 1.29 is 9.15 Å². The summed E-state index contributed by atoms with van der Waals surface area (Å²) in [5.41, 5.74) is 1.03. The molecule has 0 saturated carbocycles. The Kier molecular flexibility index (Phi) is 3.16. The van der Waals surface area contributed by atoms with Gasteiger partial charge in [-0.3, -0.25) is 0 Å². The Hall–Kier alpha value is -0.870. The number of aryl methyl sites for hydroxylation is 1. The lowest BCUT2D eigenvalue weighted by Gasteiger charge is -2.25. The lowest BCUT2D eigenvalue weighted by molar-refractivity contribution is 0.0117. The highest BCUT2D eigenvalue weighted by molar-refractivity contribution is 5.12. The number of hydrogen-bond donors (Lipinski definition) is 1. The molecule has 1 N–H and O–H groups in total. The summed E-state index contributed by atoms with van der Waals surface area (Å²) < 4.78 is 11.5. The molecule has 0 aromatic carbocycles. The highest BCUT2D eigenvalue weighted by Gasteiger charge is 2.25. The third kappa shape index (κ3) is 2.38. The van der Waals surface area contributed by atoms with Crippen LogP contribution in [0.1, 0.15) is 42.7 Å². The maximum absolute atomic E-state index is 5.77. The summed E-state index contributed by atoms with van der Waals surface area (Å²) in [6, 6.07) is 0. The van der Waals surface area contributed by atoms with Crippen molar-refractivity contribution in [2.45, 2.75) is 38.7 Å². The van der Waals surface area contributed by atoms with Gasteiger partial charge in [0.1, 0.15) is 17.6 Å². The number of hydrogen-bond acceptors (Lipinski definition) is 4. The maximum atomic E-state index is 5.77. The smallest absolute Gasteiger partial charge is 0.195 e. The molecular weight excluding hydrogens is 216 g/mol. The summed E-state index contributed by atoms with van der Waals surface area (Å²) in [4.78, 5) is 4.64. The van der Waals surface area contributed by atoms with E-state index in [1.807, 2.05) is 6.92 Å². The van der Waals surface area contributed by atoms with Crippen molar-refractivity contribution in [3.63, 3.8) is 0 Å². The van der Waals surface area contributed by atoms with Gasteiger partial charge in [0.25, 0.3) is 0 Å². The minimum Gasteiger partial charge on any atom is -0.446 e. The van der Waals surface area contributed by atoms with Crippen LogP contribution in [0.25, 0.3) is 0 Å². The maximum Gasteiger partial charge on any atom is 0.195 e. The predicted molar refractivity (Wildman–Crippen MR) is 63.8 cm³/mol. The van der Waals surface area contributed by atoms with Crippen LogP contribution in [-0.4, -0.2) is 24.7 Å². The van der Waals surface area contributed by atoms with Crippen LogP contribution in [0.4, 0.5) is 0 Å². The van der Waals surface area contributed by atoms with E-state index < -0.39 is 0 Å². The van der Waals surface area contributed by atoms with Gasteiger partial charge in [-0.2, -0.15) is 0 Å². The molecule has 0 radical (unpaired) electrons. The van der Waals surface area contributed by atoms with Gasteiger partial charge in [0.2, 0.25) is 0 Å². The monoisotopic (exact) mass is 236 g/mol. The van der Waals surface area contributed by atoms with Crippen LogP contribution in [0, 0.1) is 12.8 Å². The fourth-order valence-electron chi connectivity index (χ4n) is 2.55. The largest absolute Gasteiger partial charge is 0.446 e. The van der Waals surface area contributed by atoms with E-state index in [1.54, 1.807) is 0 Å². The molecule has 3 heterocycles. The number of oxazole rings is 1. The van der Waals surface area contributed by atoms with Crippen molar-refractivity contribution in [1.82, 2.24) is 10.3 Å². The molecule has 2 aliphatic heterocycles. The van der Waals surface area contributed by atoms with E-state index >= 15 is 0 Å². The lowest BCUT2D eigenvalue weighted by Crippen LogP contribution is -2.43. The molecule has 17 heavy (non-hydrogen) atoms. The Morgan fingerprint density at radius 2 is 2.24 bits per heavy atom. The molecule has 4 nitrogen and oxygen atoms in total. The quantitative estimate of drug-likeness (QED) is 0.871. The normalized spacial score (nSPS) is 25.8. The lowest BCUT2D eigenvalue weighted by atomic mass is 10.00. The van der Waals surface area contributed by atoms with Crippen molar-refractivity contribution in [3.8, 4) is 0 Å². The molecule has 94 valence electrons. The average molecular weight is 236 g/mol. The minimum atomic E-state index is 0.167. The molecular formula is C13H20N2O2. The van der Waals surface area contributed by atoms with E-state index in [0.717, 1.165) is 49.9 Å². The first-order valence-electron chi connectivity index (χ1n) is 6.61. The van der Waals surface area contributed by atoms with Crippen LogP contribution in [0.3, 0.4) is 0 Å². The summed E-state index contributed by atoms with van der Waals surface area (Å²) in [6.45, 7) is 5.05. The molecule has 0 bridgehead atoms. The number of nitrogens with zero attached hydrogens (tertiary/aromatic N) is 1. The standard InChI is InChI=1S/C13H20N2O2/c1-9-13(11-4-2-3-5-16-11)15-12(17-9)6-10-7-14-8-10/h10-11,14H,2-8H2,1H3. The topological polar surface area (TPSA) is 47.3 Å². The third-order valence-corrected chi connectivity index (χ3v) is 3.69. The van der Waals surface area contributed by atoms with Gasteiger partial charge >= 0.3 is 0 Å². The number of rotatable bonds is 3. The van der Waals surface area contributed by atoms with E-state index in [2.05, 4.69) is 10.3 Å². The van der Waals surface area contributed by atoms with Crippen molar-refractivity contribution >= 4 is 0 Å². The summed E-state index contributed by atoms with van der Waals surface area (Å²) in [7, 11) is 0. The molecule has 1 unspecified atom stereocenters. The zero-order valence-corrected chi connectivity index (χ0v) is 10.4. The van der Waals surface area contributed by atoms with Gasteiger partial charge in [0.05, 0.1) is 0 Å². The Bertz CT molecular complexity index is 379. The molecule has 0 amide bonds. The van der Waals surface area contributed by atoms with Crippen LogP contribution >= 0.6 is 0 Å². The van der Waals surface area contributed by atoms with Gasteiger partial charge in [0.15, 0.2) is 5.89 Å². The van der Waals surface area contributed by atoms with Crippen LogP contribution in [0.5, 0.6) is 0 Å². The van der Waals surface area contributed by atoms with E-state index in [9.17, 15) is 0 Å². The Balaban J connectivity index is 1.70. The molecule has 3 rings (SSSR count). The van der Waals surface area contributed by atoms with Crippen molar-refractivity contribution in [2.24, 2.45) is 5.92 Å². The number of aromatic nitrogens is 1. The van der Waals surface area contributed by atoms with Gasteiger partial charge in [-0.15, -0.1) is 0 Å². The van der Waals surface area contributed by atoms with Crippen molar-refractivity contribution in [2.75, 3.05) is 19.7 Å². The fourth-order valence-corrected chi connectivity index (χ4v) is 2.55. The molecule has 1 atom stereocenters. The van der Waals surface area contributed by atoms with Crippen LogP contribution in [0.2, 0.25) is 0 Å². The van der Waals surface area contributed by atoms with E-state index in [-0.39, 0.29) is 6.10 Å². The molecule has 1 aromatic heterocycles. The molecule has 2 aliphatic rings. The predicted octanol–water partition coefficient (Wildman–Crippen LogP) is 1.99. The van der Waals surface area contributed by atoms with Crippen LogP contribution in [-0.2, 0) is 11.2 Å². The highest BCUT2D eigenvalue weighted by atomic mass is 16.5. The second-order valence-electron chi connectivity index (χ2n) is 5.13. The van der Waals surface area contributed by atoms with Crippen molar-refractivity contribution in [3.05, 3.63) is 17.3 Å². The van der Waals surface area contributed by atoms with Gasteiger partial charge in [-0.05, 0) is 45.2 Å². The van der Waals surface area contributed by atoms with Crippen LogP contribution in [0.15, 0.2) is 4.42 Å². The average Bonchev–Trinajstić information content (AvgIpc) is 2.66. The summed E-state index contributed by atoms with van der Waals surface area (Å²) >= 11 is 0. The Labute approximate surface area is 102 Å². The minimum absolute atomic E-state index is 0.167. The summed E-state index contributed by atoms with van der Waals surface area (Å²) in [5.74, 6) is 2.53. The first-order chi connectivity index (χ1) is 8.33. The molecule has 2 saturated heterocycles. The third-order valence-electron chi connectivity index (χ3n) is 3.69. The van der Waals surface area contributed by atoms with E-state index in [4.69, 9.17) is 9.15 Å². The molecule has 2 fully saturated rings. The molecule has 0 aliphatic carbocycles. The number of ether oxygens (including phenoxy) is 1. The summed E-state index contributed by atoms with van der Waals surface area (Å²) in [6.07, 6.45) is 4.62. The zero-order valence-electron chi connectivity index (χ0n) is 10.4.